The van der Waals surface area contributed by atoms with Crippen molar-refractivity contribution < 1.29 is 9.31 Å². The second kappa shape index (κ2) is 3.53. The summed E-state index contributed by atoms with van der Waals surface area (Å²) in [5.74, 6) is 0. The highest BCUT2D eigenvalue weighted by atomic mass is 16.7. The Morgan fingerprint density at radius 1 is 1.06 bits per heavy atom. The van der Waals surface area contributed by atoms with E-state index >= 15 is 0 Å². The molecule has 2 heterocycles. The van der Waals surface area contributed by atoms with Crippen LogP contribution in [0.1, 0.15) is 33.4 Å². The first-order valence-corrected chi connectivity index (χ1v) is 5.46. The van der Waals surface area contributed by atoms with Crippen molar-refractivity contribution in [1.82, 2.24) is 9.97 Å². The molecule has 1 fully saturated rings. The van der Waals surface area contributed by atoms with Crippen LogP contribution in [0, 0.1) is 6.92 Å². The topological polar surface area (TPSA) is 44.2 Å². The van der Waals surface area contributed by atoms with Gasteiger partial charge in [-0.3, -0.25) is 0 Å². The van der Waals surface area contributed by atoms with Crippen molar-refractivity contribution in [3.8, 4) is 0 Å². The summed E-state index contributed by atoms with van der Waals surface area (Å²) in [6.45, 7) is 10.0. The third-order valence-corrected chi connectivity index (χ3v) is 3.32. The van der Waals surface area contributed by atoms with Gasteiger partial charge >= 0.3 is 7.12 Å². The van der Waals surface area contributed by atoms with Gasteiger partial charge in [0.05, 0.1) is 16.8 Å². The first kappa shape index (κ1) is 11.5. The zero-order chi connectivity index (χ0) is 12.0. The van der Waals surface area contributed by atoms with Crippen LogP contribution < -0.4 is 5.59 Å². The normalized spacial score (nSPS) is 22.4. The second-order valence-corrected chi connectivity index (χ2v) is 5.17. The molecule has 1 saturated heterocycles. The molecule has 0 spiro atoms. The molecule has 1 aliphatic heterocycles. The number of aryl methyl sites for hydroxylation is 1. The fraction of sp³-hybridized carbons (Fsp3) is 0.636. The predicted molar refractivity (Wildman–Crippen MR) is 62.5 cm³/mol. The van der Waals surface area contributed by atoms with E-state index in [1.165, 1.54) is 6.33 Å². The third kappa shape index (κ3) is 1.85. The van der Waals surface area contributed by atoms with E-state index in [-0.39, 0.29) is 11.2 Å². The average molecular weight is 220 g/mol. The van der Waals surface area contributed by atoms with Crippen LogP contribution in [0.2, 0.25) is 0 Å². The number of rotatable bonds is 1. The lowest BCUT2D eigenvalue weighted by molar-refractivity contribution is 0.00578. The summed E-state index contributed by atoms with van der Waals surface area (Å²) >= 11 is 0. The Labute approximate surface area is 96.5 Å². The largest absolute Gasteiger partial charge is 0.514 e. The Kier molecular flexibility index (Phi) is 2.55. The van der Waals surface area contributed by atoms with E-state index in [2.05, 4.69) is 9.97 Å². The van der Waals surface area contributed by atoms with E-state index in [4.69, 9.17) is 9.31 Å². The fourth-order valence-electron chi connectivity index (χ4n) is 1.57. The van der Waals surface area contributed by atoms with Crippen molar-refractivity contribution in [2.45, 2.75) is 45.8 Å². The van der Waals surface area contributed by atoms with Gasteiger partial charge in [-0.1, -0.05) is 0 Å². The molecule has 0 aliphatic carbocycles. The summed E-state index contributed by atoms with van der Waals surface area (Å²) in [7, 11) is -0.397. The Morgan fingerprint density at radius 3 is 2.12 bits per heavy atom. The summed E-state index contributed by atoms with van der Waals surface area (Å²) < 4.78 is 11.8. The van der Waals surface area contributed by atoms with Crippen molar-refractivity contribution >= 4 is 12.7 Å². The molecule has 0 saturated carbocycles. The Bertz CT molecular complexity index is 391. The van der Waals surface area contributed by atoms with Gasteiger partial charge < -0.3 is 9.31 Å². The van der Waals surface area contributed by atoms with Gasteiger partial charge in [0.1, 0.15) is 6.33 Å². The van der Waals surface area contributed by atoms with Crippen molar-refractivity contribution in [1.29, 1.82) is 0 Å². The molecular formula is C11H17BN2O2. The van der Waals surface area contributed by atoms with Crippen LogP contribution >= 0.6 is 0 Å². The zero-order valence-electron chi connectivity index (χ0n) is 10.4. The molecule has 0 amide bonds. The molecule has 0 bridgehead atoms. The summed E-state index contributed by atoms with van der Waals surface area (Å²) in [4.78, 5) is 8.25. The van der Waals surface area contributed by atoms with Crippen molar-refractivity contribution in [2.24, 2.45) is 0 Å². The lowest BCUT2D eigenvalue weighted by Crippen LogP contribution is -2.41. The molecule has 0 unspecified atom stereocenters. The second-order valence-electron chi connectivity index (χ2n) is 5.17. The van der Waals surface area contributed by atoms with Crippen LogP contribution in [0.5, 0.6) is 0 Å². The number of aromatic nitrogens is 2. The average Bonchev–Trinajstić information content (AvgIpc) is 2.36. The highest BCUT2D eigenvalue weighted by Crippen LogP contribution is 2.36. The predicted octanol–water partition coefficient (Wildman–Crippen LogP) is 1.08. The number of nitrogens with zero attached hydrogens (tertiary/aromatic N) is 2. The minimum Gasteiger partial charge on any atom is -0.398 e. The SMILES string of the molecule is Cc1cc(B2OC(C)(C)C(C)(C)O2)ncn1. The summed E-state index contributed by atoms with van der Waals surface area (Å²) in [6, 6.07) is 1.89. The van der Waals surface area contributed by atoms with Gasteiger partial charge in [-0.15, -0.1) is 0 Å². The van der Waals surface area contributed by atoms with E-state index in [0.717, 1.165) is 11.3 Å². The maximum atomic E-state index is 5.89. The quantitative estimate of drug-likeness (QED) is 0.664. The third-order valence-electron chi connectivity index (χ3n) is 3.32. The fourth-order valence-corrected chi connectivity index (χ4v) is 1.57. The Hall–Kier alpha value is -0.935. The highest BCUT2D eigenvalue weighted by Gasteiger charge is 2.52. The first-order valence-electron chi connectivity index (χ1n) is 5.46. The van der Waals surface area contributed by atoms with Gasteiger partial charge in [0.2, 0.25) is 0 Å². The van der Waals surface area contributed by atoms with E-state index in [1.807, 2.05) is 40.7 Å². The van der Waals surface area contributed by atoms with Gasteiger partial charge in [0.15, 0.2) is 0 Å². The van der Waals surface area contributed by atoms with Crippen LogP contribution in [0.3, 0.4) is 0 Å². The van der Waals surface area contributed by atoms with E-state index < -0.39 is 7.12 Å². The van der Waals surface area contributed by atoms with E-state index in [9.17, 15) is 0 Å². The van der Waals surface area contributed by atoms with Gasteiger partial charge in [0, 0.05) is 5.69 Å². The van der Waals surface area contributed by atoms with Crippen LogP contribution in [0.25, 0.3) is 0 Å². The maximum Gasteiger partial charge on any atom is 0.514 e. The monoisotopic (exact) mass is 220 g/mol. The lowest BCUT2D eigenvalue weighted by atomic mass is 9.84. The van der Waals surface area contributed by atoms with E-state index in [0.29, 0.717) is 0 Å². The van der Waals surface area contributed by atoms with Crippen molar-refractivity contribution in [2.75, 3.05) is 0 Å². The molecule has 4 nitrogen and oxygen atoms in total. The number of hydrogen-bond donors (Lipinski definition) is 0. The highest BCUT2D eigenvalue weighted by molar-refractivity contribution is 6.61. The Balaban J connectivity index is 2.27. The summed E-state index contributed by atoms with van der Waals surface area (Å²) in [5, 5.41) is 0. The van der Waals surface area contributed by atoms with Crippen molar-refractivity contribution in [3.05, 3.63) is 18.1 Å². The molecule has 0 radical (unpaired) electrons. The van der Waals surface area contributed by atoms with Gasteiger partial charge in [-0.25, -0.2) is 9.97 Å². The van der Waals surface area contributed by atoms with E-state index in [1.54, 1.807) is 0 Å². The standard InChI is InChI=1S/C11H17BN2O2/c1-8-6-9(14-7-13-8)12-15-10(2,3)11(4,5)16-12/h6-7H,1-5H3. The summed E-state index contributed by atoms with van der Waals surface area (Å²) in [5.41, 5.74) is 1.05. The van der Waals surface area contributed by atoms with Gasteiger partial charge in [-0.05, 0) is 40.7 Å². The minimum atomic E-state index is -0.397. The van der Waals surface area contributed by atoms with Gasteiger partial charge in [0.25, 0.3) is 0 Å². The Morgan fingerprint density at radius 2 is 1.62 bits per heavy atom. The summed E-state index contributed by atoms with van der Waals surface area (Å²) in [6.07, 6.45) is 1.54. The molecule has 1 aromatic rings. The van der Waals surface area contributed by atoms with Crippen LogP contribution in [-0.2, 0) is 9.31 Å². The number of hydrogen-bond acceptors (Lipinski definition) is 4. The van der Waals surface area contributed by atoms with Crippen molar-refractivity contribution in [3.63, 3.8) is 0 Å². The van der Waals surface area contributed by atoms with Gasteiger partial charge in [-0.2, -0.15) is 0 Å². The maximum absolute atomic E-state index is 5.89. The minimum absolute atomic E-state index is 0.323. The lowest BCUT2D eigenvalue weighted by Gasteiger charge is -2.32. The molecule has 0 aromatic carbocycles. The molecule has 1 aliphatic rings. The molecule has 0 atom stereocenters. The molecule has 2 rings (SSSR count). The molecular weight excluding hydrogens is 203 g/mol. The smallest absolute Gasteiger partial charge is 0.398 e. The van der Waals surface area contributed by atoms with Crippen LogP contribution in [0.15, 0.2) is 12.4 Å². The molecule has 1 aromatic heterocycles. The van der Waals surface area contributed by atoms with Crippen LogP contribution in [-0.4, -0.2) is 28.3 Å². The molecule has 16 heavy (non-hydrogen) atoms. The zero-order valence-corrected chi connectivity index (χ0v) is 10.4. The molecule has 5 heteroatoms. The van der Waals surface area contributed by atoms with Crippen LogP contribution in [0.4, 0.5) is 0 Å². The molecule has 86 valence electrons. The first-order chi connectivity index (χ1) is 7.32. The molecule has 0 N–H and O–H groups in total.